The van der Waals surface area contributed by atoms with Crippen molar-refractivity contribution < 1.29 is 23.5 Å². The number of ketones is 1. The van der Waals surface area contributed by atoms with Gasteiger partial charge >= 0.3 is 0 Å². The lowest BCUT2D eigenvalue weighted by molar-refractivity contribution is -0.132. The predicted molar refractivity (Wildman–Crippen MR) is 125 cm³/mol. The quantitative estimate of drug-likeness (QED) is 0.278. The molecule has 1 amide bonds. The number of hydrogen-bond donors (Lipinski definition) is 1. The number of aliphatic hydroxyl groups is 1. The summed E-state index contributed by atoms with van der Waals surface area (Å²) in [5.41, 5.74) is 2.07. The Kier molecular flexibility index (Phi) is 5.66. The number of nitrogens with zero attached hydrogens (tertiary/aromatic N) is 1. The fourth-order valence-electron chi connectivity index (χ4n) is 3.94. The maximum Gasteiger partial charge on any atom is 0.300 e. The fourth-order valence-corrected chi connectivity index (χ4v) is 4.11. The van der Waals surface area contributed by atoms with Crippen molar-refractivity contribution >= 4 is 34.7 Å². The zero-order valence-corrected chi connectivity index (χ0v) is 19.4. The van der Waals surface area contributed by atoms with Crippen LogP contribution in [0.25, 0.3) is 5.76 Å². The van der Waals surface area contributed by atoms with Crippen molar-refractivity contribution in [3.05, 3.63) is 93.7 Å². The van der Waals surface area contributed by atoms with Gasteiger partial charge in [-0.1, -0.05) is 44.5 Å². The zero-order valence-electron chi connectivity index (χ0n) is 18.6. The molecule has 1 N–H and O–H groups in total. The van der Waals surface area contributed by atoms with Gasteiger partial charge in [0.15, 0.2) is 0 Å². The van der Waals surface area contributed by atoms with E-state index in [1.807, 2.05) is 45.9 Å². The van der Waals surface area contributed by atoms with Gasteiger partial charge in [-0.25, -0.2) is 4.39 Å². The number of anilines is 1. The Labute approximate surface area is 196 Å². The maximum absolute atomic E-state index is 13.8. The minimum absolute atomic E-state index is 0.107. The molecule has 2 heterocycles. The number of furan rings is 1. The average molecular weight is 468 g/mol. The highest BCUT2D eigenvalue weighted by molar-refractivity contribution is 6.51. The monoisotopic (exact) mass is 467 g/mol. The van der Waals surface area contributed by atoms with E-state index in [-0.39, 0.29) is 33.2 Å². The number of aryl methyl sites for hydroxylation is 1. The highest BCUT2D eigenvalue weighted by atomic mass is 35.5. The van der Waals surface area contributed by atoms with Crippen LogP contribution in [0.15, 0.2) is 64.8 Å². The summed E-state index contributed by atoms with van der Waals surface area (Å²) in [6.07, 6.45) is 1.42. The lowest BCUT2D eigenvalue weighted by Crippen LogP contribution is -2.29. The van der Waals surface area contributed by atoms with E-state index in [2.05, 4.69) is 0 Å². The molecule has 2 aromatic carbocycles. The van der Waals surface area contributed by atoms with Crippen molar-refractivity contribution in [2.24, 2.45) is 0 Å². The first-order valence-electron chi connectivity index (χ1n) is 10.4. The molecular weight excluding hydrogens is 445 g/mol. The molecule has 5 nitrogen and oxygen atoms in total. The molecule has 0 radical (unpaired) electrons. The third-order valence-electron chi connectivity index (χ3n) is 5.80. The van der Waals surface area contributed by atoms with Crippen LogP contribution in [0.1, 0.15) is 49.3 Å². The zero-order chi connectivity index (χ0) is 24.1. The van der Waals surface area contributed by atoms with Gasteiger partial charge in [-0.3, -0.25) is 14.5 Å². The van der Waals surface area contributed by atoms with Crippen molar-refractivity contribution in [2.45, 2.75) is 39.2 Å². The van der Waals surface area contributed by atoms with Crippen LogP contribution in [0.4, 0.5) is 10.1 Å². The molecule has 7 heteroatoms. The molecule has 1 atom stereocenters. The third-order valence-corrected chi connectivity index (χ3v) is 6.09. The van der Waals surface area contributed by atoms with Gasteiger partial charge in [-0.15, -0.1) is 0 Å². The lowest BCUT2D eigenvalue weighted by atomic mass is 9.84. The van der Waals surface area contributed by atoms with Crippen molar-refractivity contribution in [3.63, 3.8) is 0 Å². The average Bonchev–Trinajstić information content (AvgIpc) is 3.36. The van der Waals surface area contributed by atoms with Crippen LogP contribution >= 0.6 is 11.6 Å². The van der Waals surface area contributed by atoms with Gasteiger partial charge in [0.2, 0.25) is 0 Å². The Morgan fingerprint density at radius 1 is 1.12 bits per heavy atom. The van der Waals surface area contributed by atoms with E-state index in [1.165, 1.54) is 23.3 Å². The lowest BCUT2D eigenvalue weighted by Gasteiger charge is -2.24. The van der Waals surface area contributed by atoms with E-state index in [9.17, 15) is 19.1 Å². The number of benzene rings is 2. The Morgan fingerprint density at radius 3 is 2.45 bits per heavy atom. The van der Waals surface area contributed by atoms with Crippen LogP contribution in [-0.2, 0) is 15.0 Å². The second kappa shape index (κ2) is 8.19. The summed E-state index contributed by atoms with van der Waals surface area (Å²) in [5.74, 6) is -2.41. The van der Waals surface area contributed by atoms with E-state index in [1.54, 1.807) is 12.1 Å². The van der Waals surface area contributed by atoms with Gasteiger partial charge in [0.05, 0.1) is 16.9 Å². The Morgan fingerprint density at radius 2 is 1.85 bits per heavy atom. The summed E-state index contributed by atoms with van der Waals surface area (Å²) in [5, 5.41) is 11.2. The SMILES string of the molecule is Cc1ccc(C(C)(C)C)cc1/C(O)=C1\C(=O)C(=O)N(c2ccc(F)c(Cl)c2)C1c1ccco1. The second-order valence-electron chi connectivity index (χ2n) is 9.06. The molecule has 3 aromatic rings. The number of rotatable bonds is 3. The van der Waals surface area contributed by atoms with Crippen LogP contribution in [0.3, 0.4) is 0 Å². The summed E-state index contributed by atoms with van der Waals surface area (Å²) in [7, 11) is 0. The molecule has 0 saturated carbocycles. The second-order valence-corrected chi connectivity index (χ2v) is 9.47. The molecule has 1 aliphatic heterocycles. The Bertz CT molecular complexity index is 1290. The van der Waals surface area contributed by atoms with E-state index in [4.69, 9.17) is 16.0 Å². The molecule has 33 heavy (non-hydrogen) atoms. The van der Waals surface area contributed by atoms with Crippen molar-refractivity contribution in [3.8, 4) is 0 Å². The van der Waals surface area contributed by atoms with Crippen LogP contribution in [0, 0.1) is 12.7 Å². The van der Waals surface area contributed by atoms with E-state index < -0.39 is 23.5 Å². The van der Waals surface area contributed by atoms with Crippen LogP contribution in [-0.4, -0.2) is 16.8 Å². The molecule has 0 aliphatic carbocycles. The summed E-state index contributed by atoms with van der Waals surface area (Å²) in [6.45, 7) is 7.95. The molecular formula is C26H23ClFNO4. The maximum atomic E-state index is 13.8. The first-order valence-corrected chi connectivity index (χ1v) is 10.8. The molecule has 4 rings (SSSR count). The summed E-state index contributed by atoms with van der Waals surface area (Å²) >= 11 is 5.94. The van der Waals surface area contributed by atoms with Gasteiger partial charge in [-0.2, -0.15) is 0 Å². The van der Waals surface area contributed by atoms with Gasteiger partial charge in [-0.05, 0) is 59.9 Å². The van der Waals surface area contributed by atoms with Gasteiger partial charge in [0, 0.05) is 11.3 Å². The number of hydrogen-bond acceptors (Lipinski definition) is 4. The first kappa shape index (κ1) is 22.8. The number of amides is 1. The predicted octanol–water partition coefficient (Wildman–Crippen LogP) is 6.30. The Hall–Kier alpha value is -3.38. The van der Waals surface area contributed by atoms with Gasteiger partial charge in [0.25, 0.3) is 11.7 Å². The molecule has 0 spiro atoms. The minimum atomic E-state index is -1.04. The fraction of sp³-hybridized carbons (Fsp3) is 0.231. The number of aliphatic hydroxyl groups excluding tert-OH is 1. The number of carbonyl (C=O) groups excluding carboxylic acids is 2. The summed E-state index contributed by atoms with van der Waals surface area (Å²) in [4.78, 5) is 27.5. The molecule has 1 unspecified atom stereocenters. The van der Waals surface area contributed by atoms with Gasteiger partial charge in [0.1, 0.15) is 23.4 Å². The van der Waals surface area contributed by atoms with E-state index in [0.29, 0.717) is 5.56 Å². The molecule has 1 aliphatic rings. The Balaban J connectivity index is 1.96. The standard InChI is InChI=1S/C26H23ClFNO4/c1-14-7-8-15(26(2,3)4)12-17(14)23(30)21-22(20-6-5-11-33-20)29(25(32)24(21)31)16-9-10-19(28)18(27)13-16/h5-13,22,30H,1-4H3/b23-21+. The third kappa shape index (κ3) is 3.95. The molecule has 170 valence electrons. The smallest absolute Gasteiger partial charge is 0.300 e. The van der Waals surface area contributed by atoms with Crippen molar-refractivity contribution in [1.29, 1.82) is 0 Å². The number of halogens is 2. The van der Waals surface area contributed by atoms with Crippen LogP contribution < -0.4 is 4.90 Å². The minimum Gasteiger partial charge on any atom is -0.507 e. The largest absolute Gasteiger partial charge is 0.507 e. The highest BCUT2D eigenvalue weighted by Crippen LogP contribution is 2.43. The first-order chi connectivity index (χ1) is 15.5. The number of Topliss-reactive ketones (excluding diaryl/α,β-unsaturated/α-hetero) is 1. The summed E-state index contributed by atoms with van der Waals surface area (Å²) in [6, 6.07) is 11.6. The molecule has 0 bridgehead atoms. The topological polar surface area (TPSA) is 70.8 Å². The molecule has 1 saturated heterocycles. The van der Waals surface area contributed by atoms with Crippen molar-refractivity contribution in [2.75, 3.05) is 4.90 Å². The van der Waals surface area contributed by atoms with E-state index >= 15 is 0 Å². The molecule has 1 fully saturated rings. The van der Waals surface area contributed by atoms with Crippen molar-refractivity contribution in [1.82, 2.24) is 0 Å². The normalized spacial score (nSPS) is 18.2. The number of carbonyl (C=O) groups is 2. The van der Waals surface area contributed by atoms with Crippen LogP contribution in [0.5, 0.6) is 0 Å². The van der Waals surface area contributed by atoms with Gasteiger partial charge < -0.3 is 9.52 Å². The highest BCUT2D eigenvalue weighted by Gasteiger charge is 2.48. The van der Waals surface area contributed by atoms with E-state index in [0.717, 1.165) is 17.2 Å². The summed E-state index contributed by atoms with van der Waals surface area (Å²) < 4.78 is 19.3. The molecule has 1 aromatic heterocycles. The van der Waals surface area contributed by atoms with Crippen LogP contribution in [0.2, 0.25) is 5.02 Å².